The Labute approximate surface area is 157 Å². The molecule has 0 radical (unpaired) electrons. The molecule has 1 aromatic heterocycles. The summed E-state index contributed by atoms with van der Waals surface area (Å²) < 4.78 is 1.97. The SMILES string of the molecule is O=C(Nc1cccc(C(=O)NC2CC2)c1)c1ccc(Cn2ccnc2)cc1. The summed E-state index contributed by atoms with van der Waals surface area (Å²) in [5.74, 6) is -0.304. The van der Waals surface area contributed by atoms with Gasteiger partial charge in [-0.05, 0) is 48.7 Å². The molecule has 3 aromatic rings. The van der Waals surface area contributed by atoms with E-state index in [2.05, 4.69) is 15.6 Å². The topological polar surface area (TPSA) is 76.0 Å². The highest BCUT2D eigenvalue weighted by molar-refractivity contribution is 6.05. The molecule has 1 fully saturated rings. The Morgan fingerprint density at radius 3 is 2.56 bits per heavy atom. The summed E-state index contributed by atoms with van der Waals surface area (Å²) >= 11 is 0. The van der Waals surface area contributed by atoms with Crippen LogP contribution in [0.5, 0.6) is 0 Å². The number of hydrogen-bond acceptors (Lipinski definition) is 3. The number of hydrogen-bond donors (Lipinski definition) is 2. The van der Waals surface area contributed by atoms with Crippen molar-refractivity contribution in [3.05, 3.63) is 83.9 Å². The fraction of sp³-hybridized carbons (Fsp3) is 0.190. The van der Waals surface area contributed by atoms with Crippen molar-refractivity contribution >= 4 is 17.5 Å². The first-order valence-corrected chi connectivity index (χ1v) is 8.94. The normalized spacial score (nSPS) is 13.2. The zero-order chi connectivity index (χ0) is 18.6. The second kappa shape index (κ2) is 7.45. The van der Waals surface area contributed by atoms with Crippen LogP contribution in [0.3, 0.4) is 0 Å². The van der Waals surface area contributed by atoms with Crippen LogP contribution in [-0.4, -0.2) is 27.4 Å². The molecule has 0 atom stereocenters. The van der Waals surface area contributed by atoms with E-state index in [1.54, 1.807) is 48.9 Å². The van der Waals surface area contributed by atoms with Crippen molar-refractivity contribution in [2.75, 3.05) is 5.32 Å². The van der Waals surface area contributed by atoms with Gasteiger partial charge >= 0.3 is 0 Å². The minimum atomic E-state index is -0.205. The number of carbonyl (C=O) groups excluding carboxylic acids is 2. The van der Waals surface area contributed by atoms with Crippen LogP contribution < -0.4 is 10.6 Å². The zero-order valence-electron chi connectivity index (χ0n) is 14.8. The first-order chi connectivity index (χ1) is 13.2. The van der Waals surface area contributed by atoms with Crippen LogP contribution in [-0.2, 0) is 6.54 Å². The standard InChI is InChI=1S/C21H20N4O2/c26-20(16-6-4-15(5-7-16)13-25-11-10-22-14-25)24-19-3-1-2-17(12-19)21(27)23-18-8-9-18/h1-7,10-12,14,18H,8-9,13H2,(H,23,27)(H,24,26). The summed E-state index contributed by atoms with van der Waals surface area (Å²) in [7, 11) is 0. The Bertz CT molecular complexity index is 945. The van der Waals surface area contributed by atoms with Crippen molar-refractivity contribution in [1.82, 2.24) is 14.9 Å². The maximum absolute atomic E-state index is 12.5. The van der Waals surface area contributed by atoms with Gasteiger partial charge in [0.15, 0.2) is 0 Å². The predicted octanol–water partition coefficient (Wildman–Crippen LogP) is 3.08. The van der Waals surface area contributed by atoms with E-state index in [-0.39, 0.29) is 11.8 Å². The Kier molecular flexibility index (Phi) is 4.70. The average Bonchev–Trinajstić information content (AvgIpc) is 3.35. The van der Waals surface area contributed by atoms with Crippen LogP contribution in [0.2, 0.25) is 0 Å². The third-order valence-corrected chi connectivity index (χ3v) is 4.44. The number of anilines is 1. The molecule has 0 spiro atoms. The van der Waals surface area contributed by atoms with E-state index in [4.69, 9.17) is 0 Å². The fourth-order valence-corrected chi connectivity index (χ4v) is 2.79. The third-order valence-electron chi connectivity index (χ3n) is 4.44. The van der Waals surface area contributed by atoms with E-state index in [0.29, 0.717) is 29.4 Å². The second-order valence-corrected chi connectivity index (χ2v) is 6.71. The molecule has 2 aromatic carbocycles. The molecule has 6 heteroatoms. The number of amides is 2. The molecule has 2 amide bonds. The van der Waals surface area contributed by atoms with E-state index < -0.39 is 0 Å². The van der Waals surface area contributed by atoms with Crippen LogP contribution in [0.25, 0.3) is 0 Å². The number of rotatable bonds is 6. The lowest BCUT2D eigenvalue weighted by Gasteiger charge is -2.09. The van der Waals surface area contributed by atoms with Crippen molar-refractivity contribution in [3.63, 3.8) is 0 Å². The van der Waals surface area contributed by atoms with Crippen LogP contribution in [0.1, 0.15) is 39.1 Å². The Morgan fingerprint density at radius 1 is 1.04 bits per heavy atom. The summed E-state index contributed by atoms with van der Waals surface area (Å²) in [5.41, 5.74) is 2.81. The summed E-state index contributed by atoms with van der Waals surface area (Å²) in [4.78, 5) is 28.6. The molecule has 1 heterocycles. The lowest BCUT2D eigenvalue weighted by atomic mass is 10.1. The van der Waals surface area contributed by atoms with Crippen molar-refractivity contribution in [3.8, 4) is 0 Å². The monoisotopic (exact) mass is 360 g/mol. The van der Waals surface area contributed by atoms with Crippen LogP contribution in [0.4, 0.5) is 5.69 Å². The fourth-order valence-electron chi connectivity index (χ4n) is 2.79. The highest BCUT2D eigenvalue weighted by Gasteiger charge is 2.23. The van der Waals surface area contributed by atoms with Crippen LogP contribution in [0, 0.1) is 0 Å². The average molecular weight is 360 g/mol. The molecule has 0 bridgehead atoms. The molecule has 6 nitrogen and oxygen atoms in total. The van der Waals surface area contributed by atoms with Gasteiger partial charge in [0.2, 0.25) is 0 Å². The lowest BCUT2D eigenvalue weighted by molar-refractivity contribution is 0.0949. The number of aromatic nitrogens is 2. The maximum Gasteiger partial charge on any atom is 0.255 e. The van der Waals surface area contributed by atoms with Gasteiger partial charge in [-0.3, -0.25) is 9.59 Å². The van der Waals surface area contributed by atoms with Crippen molar-refractivity contribution < 1.29 is 9.59 Å². The maximum atomic E-state index is 12.5. The number of imidazole rings is 1. The minimum absolute atomic E-state index is 0.0996. The first-order valence-electron chi connectivity index (χ1n) is 8.94. The van der Waals surface area contributed by atoms with Gasteiger partial charge in [-0.15, -0.1) is 0 Å². The highest BCUT2D eigenvalue weighted by atomic mass is 16.2. The van der Waals surface area contributed by atoms with E-state index >= 15 is 0 Å². The summed E-state index contributed by atoms with van der Waals surface area (Å²) in [6.45, 7) is 0.708. The van der Waals surface area contributed by atoms with Gasteiger partial charge in [0.25, 0.3) is 11.8 Å². The molecular formula is C21H20N4O2. The third kappa shape index (κ3) is 4.41. The van der Waals surface area contributed by atoms with Crippen molar-refractivity contribution in [2.24, 2.45) is 0 Å². The highest BCUT2D eigenvalue weighted by Crippen LogP contribution is 2.20. The molecule has 1 aliphatic carbocycles. The molecule has 0 aliphatic heterocycles. The molecule has 4 rings (SSSR count). The molecular weight excluding hydrogens is 340 g/mol. The largest absolute Gasteiger partial charge is 0.349 e. The molecule has 1 saturated carbocycles. The number of benzene rings is 2. The van der Waals surface area contributed by atoms with E-state index in [1.807, 2.05) is 22.9 Å². The number of nitrogens with one attached hydrogen (secondary N) is 2. The zero-order valence-corrected chi connectivity index (χ0v) is 14.8. The molecule has 27 heavy (non-hydrogen) atoms. The first kappa shape index (κ1) is 17.0. The predicted molar refractivity (Wildman–Crippen MR) is 103 cm³/mol. The van der Waals surface area contributed by atoms with Gasteiger partial charge in [-0.1, -0.05) is 18.2 Å². The number of carbonyl (C=O) groups is 2. The van der Waals surface area contributed by atoms with E-state index in [9.17, 15) is 9.59 Å². The summed E-state index contributed by atoms with van der Waals surface area (Å²) in [5, 5.41) is 5.80. The Morgan fingerprint density at radius 2 is 1.85 bits per heavy atom. The van der Waals surface area contributed by atoms with E-state index in [0.717, 1.165) is 18.4 Å². The second-order valence-electron chi connectivity index (χ2n) is 6.71. The van der Waals surface area contributed by atoms with Crippen molar-refractivity contribution in [2.45, 2.75) is 25.4 Å². The van der Waals surface area contributed by atoms with Crippen molar-refractivity contribution in [1.29, 1.82) is 0 Å². The van der Waals surface area contributed by atoms with Crippen LogP contribution in [0.15, 0.2) is 67.3 Å². The lowest BCUT2D eigenvalue weighted by Crippen LogP contribution is -2.25. The van der Waals surface area contributed by atoms with Gasteiger partial charge in [0, 0.05) is 41.8 Å². The van der Waals surface area contributed by atoms with Gasteiger partial charge < -0.3 is 15.2 Å². The Hall–Kier alpha value is -3.41. The summed E-state index contributed by atoms with van der Waals surface area (Å²) in [6.07, 6.45) is 7.47. The van der Waals surface area contributed by atoms with Gasteiger partial charge in [-0.2, -0.15) is 0 Å². The molecule has 136 valence electrons. The molecule has 1 aliphatic rings. The number of nitrogens with zero attached hydrogens (tertiary/aromatic N) is 2. The Balaban J connectivity index is 1.40. The van der Waals surface area contributed by atoms with E-state index in [1.165, 1.54) is 0 Å². The molecule has 0 unspecified atom stereocenters. The van der Waals surface area contributed by atoms with Gasteiger partial charge in [0.1, 0.15) is 0 Å². The van der Waals surface area contributed by atoms with Gasteiger partial charge in [0.05, 0.1) is 6.33 Å². The van der Waals surface area contributed by atoms with Gasteiger partial charge in [-0.25, -0.2) is 4.98 Å². The molecule has 2 N–H and O–H groups in total. The smallest absolute Gasteiger partial charge is 0.255 e. The van der Waals surface area contributed by atoms with Crippen LogP contribution >= 0.6 is 0 Å². The minimum Gasteiger partial charge on any atom is -0.349 e. The quantitative estimate of drug-likeness (QED) is 0.709. The summed E-state index contributed by atoms with van der Waals surface area (Å²) in [6, 6.07) is 14.7. The molecule has 0 saturated heterocycles.